The summed E-state index contributed by atoms with van der Waals surface area (Å²) >= 11 is 6.19. The average molecular weight is 581 g/mol. The molecule has 0 spiro atoms. The highest BCUT2D eigenvalue weighted by atomic mass is 35.5. The number of benzene rings is 3. The van der Waals surface area contributed by atoms with E-state index in [1.165, 1.54) is 11.1 Å². The molecule has 0 aliphatic carbocycles. The van der Waals surface area contributed by atoms with Crippen LogP contribution in [0, 0.1) is 0 Å². The Balaban J connectivity index is 1.31. The standard InChI is InChI=1S/C33H25ClN2O6/c1-3-16-40-33(39)28-18-23(12-14-29(28)34)30-15-13-26(42-30)19-27-21(2)35-36(31(27)37)25-11-7-10-24(17-25)32(38)41-20-22-8-5-4-6-9-22/h3-15,17-19H,1,16,20H2,2H3/b27-19-. The first-order chi connectivity index (χ1) is 20.3. The Kier molecular flexibility index (Phi) is 8.45. The molecule has 0 N–H and O–H groups in total. The molecule has 0 radical (unpaired) electrons. The molecule has 1 aromatic heterocycles. The summed E-state index contributed by atoms with van der Waals surface area (Å²) < 4.78 is 16.5. The lowest BCUT2D eigenvalue weighted by atomic mass is 10.1. The maximum absolute atomic E-state index is 13.3. The molecule has 2 heterocycles. The quantitative estimate of drug-likeness (QED) is 0.119. The Bertz CT molecular complexity index is 1740. The average Bonchev–Trinajstić information content (AvgIpc) is 3.59. The molecule has 5 rings (SSSR count). The van der Waals surface area contributed by atoms with Crippen LogP contribution in [-0.4, -0.2) is 30.2 Å². The van der Waals surface area contributed by atoms with Gasteiger partial charge in [0, 0.05) is 5.56 Å². The summed E-state index contributed by atoms with van der Waals surface area (Å²) in [6, 6.07) is 24.2. The fourth-order valence-electron chi connectivity index (χ4n) is 4.21. The zero-order chi connectivity index (χ0) is 29.6. The van der Waals surface area contributed by atoms with Gasteiger partial charge in [0.2, 0.25) is 0 Å². The number of hydrogen-bond donors (Lipinski definition) is 0. The van der Waals surface area contributed by atoms with Gasteiger partial charge in [-0.3, -0.25) is 4.79 Å². The topological polar surface area (TPSA) is 98.4 Å². The Labute approximate surface area is 247 Å². The lowest BCUT2D eigenvalue weighted by molar-refractivity contribution is -0.114. The van der Waals surface area contributed by atoms with Crippen molar-refractivity contribution in [3.63, 3.8) is 0 Å². The minimum atomic E-state index is -0.576. The van der Waals surface area contributed by atoms with Crippen LogP contribution in [0.2, 0.25) is 5.02 Å². The predicted molar refractivity (Wildman–Crippen MR) is 160 cm³/mol. The second-order valence-corrected chi connectivity index (χ2v) is 9.66. The van der Waals surface area contributed by atoms with Crippen molar-refractivity contribution in [2.45, 2.75) is 13.5 Å². The summed E-state index contributed by atoms with van der Waals surface area (Å²) in [5.74, 6) is -0.582. The summed E-state index contributed by atoms with van der Waals surface area (Å²) in [6.45, 7) is 5.45. The molecule has 0 bridgehead atoms. The van der Waals surface area contributed by atoms with Gasteiger partial charge in [-0.1, -0.05) is 60.7 Å². The molecule has 210 valence electrons. The number of rotatable bonds is 9. The summed E-state index contributed by atoms with van der Waals surface area (Å²) in [7, 11) is 0. The maximum Gasteiger partial charge on any atom is 0.339 e. The minimum Gasteiger partial charge on any atom is -0.458 e. The number of esters is 2. The van der Waals surface area contributed by atoms with Crippen LogP contribution in [0.3, 0.4) is 0 Å². The first-order valence-electron chi connectivity index (χ1n) is 12.9. The largest absolute Gasteiger partial charge is 0.458 e. The Hall–Kier alpha value is -5.21. The molecule has 3 aromatic carbocycles. The van der Waals surface area contributed by atoms with E-state index < -0.39 is 11.9 Å². The van der Waals surface area contributed by atoms with E-state index in [9.17, 15) is 14.4 Å². The first-order valence-corrected chi connectivity index (χ1v) is 13.3. The highest BCUT2D eigenvalue weighted by molar-refractivity contribution is 6.34. The van der Waals surface area contributed by atoms with Crippen molar-refractivity contribution in [1.29, 1.82) is 0 Å². The maximum atomic E-state index is 13.3. The van der Waals surface area contributed by atoms with Crippen molar-refractivity contribution in [1.82, 2.24) is 0 Å². The van der Waals surface area contributed by atoms with Crippen LogP contribution < -0.4 is 5.01 Å². The van der Waals surface area contributed by atoms with Gasteiger partial charge in [0.05, 0.1) is 33.1 Å². The van der Waals surface area contributed by atoms with Gasteiger partial charge in [-0.05, 0) is 67.1 Å². The van der Waals surface area contributed by atoms with Gasteiger partial charge in [-0.25, -0.2) is 9.59 Å². The second kappa shape index (κ2) is 12.5. The van der Waals surface area contributed by atoms with Crippen molar-refractivity contribution in [2.24, 2.45) is 5.10 Å². The fourth-order valence-corrected chi connectivity index (χ4v) is 4.40. The molecule has 8 nitrogen and oxygen atoms in total. The normalized spacial score (nSPS) is 13.7. The van der Waals surface area contributed by atoms with E-state index in [4.69, 9.17) is 25.5 Å². The number of nitrogens with zero attached hydrogens (tertiary/aromatic N) is 2. The van der Waals surface area contributed by atoms with Gasteiger partial charge >= 0.3 is 11.9 Å². The SMILES string of the molecule is C=CCOC(=O)c1cc(-c2ccc(/C=C3\C(=O)N(c4cccc(C(=O)OCc5ccccc5)c4)N=C3C)o2)ccc1Cl. The number of carbonyl (C=O) groups excluding carboxylic acids is 3. The van der Waals surface area contributed by atoms with E-state index >= 15 is 0 Å². The highest BCUT2D eigenvalue weighted by Gasteiger charge is 2.29. The van der Waals surface area contributed by atoms with Crippen LogP contribution in [0.15, 0.2) is 113 Å². The number of carbonyl (C=O) groups is 3. The van der Waals surface area contributed by atoms with Gasteiger partial charge < -0.3 is 13.9 Å². The van der Waals surface area contributed by atoms with E-state index in [1.54, 1.807) is 67.6 Å². The highest BCUT2D eigenvalue weighted by Crippen LogP contribution is 2.30. The van der Waals surface area contributed by atoms with Crippen molar-refractivity contribution < 1.29 is 28.3 Å². The molecule has 0 unspecified atom stereocenters. The van der Waals surface area contributed by atoms with Crippen LogP contribution in [0.5, 0.6) is 0 Å². The molecule has 4 aromatic rings. The summed E-state index contributed by atoms with van der Waals surface area (Å²) in [5, 5.41) is 5.89. The lowest BCUT2D eigenvalue weighted by Gasteiger charge is -2.13. The van der Waals surface area contributed by atoms with Crippen molar-refractivity contribution in [3.05, 3.63) is 131 Å². The van der Waals surface area contributed by atoms with E-state index in [2.05, 4.69) is 11.7 Å². The van der Waals surface area contributed by atoms with Crippen molar-refractivity contribution in [2.75, 3.05) is 11.6 Å². The molecular weight excluding hydrogens is 556 g/mol. The van der Waals surface area contributed by atoms with Crippen LogP contribution >= 0.6 is 11.6 Å². The number of ether oxygens (including phenoxy) is 2. The Morgan fingerprint density at radius 1 is 0.976 bits per heavy atom. The number of hydrazone groups is 1. The van der Waals surface area contributed by atoms with Gasteiger partial charge in [0.1, 0.15) is 24.7 Å². The number of furan rings is 1. The Morgan fingerprint density at radius 2 is 1.79 bits per heavy atom. The van der Waals surface area contributed by atoms with Crippen LogP contribution in [-0.2, 0) is 20.9 Å². The van der Waals surface area contributed by atoms with E-state index in [0.717, 1.165) is 5.56 Å². The van der Waals surface area contributed by atoms with Gasteiger partial charge in [0.15, 0.2) is 0 Å². The molecule has 0 fully saturated rings. The molecular formula is C33H25ClN2O6. The molecule has 1 aliphatic heterocycles. The minimum absolute atomic E-state index is 0.0620. The van der Waals surface area contributed by atoms with Gasteiger partial charge in [0.25, 0.3) is 5.91 Å². The Morgan fingerprint density at radius 3 is 2.57 bits per heavy atom. The number of hydrogen-bond acceptors (Lipinski definition) is 7. The first kappa shape index (κ1) is 28.3. The van der Waals surface area contributed by atoms with E-state index in [0.29, 0.717) is 39.6 Å². The summed E-state index contributed by atoms with van der Waals surface area (Å²) in [5.41, 5.74) is 3.21. The third kappa shape index (κ3) is 6.24. The van der Waals surface area contributed by atoms with Crippen LogP contribution in [0.25, 0.3) is 17.4 Å². The molecule has 0 saturated heterocycles. The molecule has 9 heteroatoms. The monoisotopic (exact) mass is 580 g/mol. The van der Waals surface area contributed by atoms with Crippen molar-refractivity contribution in [3.8, 4) is 11.3 Å². The van der Waals surface area contributed by atoms with Crippen LogP contribution in [0.4, 0.5) is 5.69 Å². The molecule has 0 atom stereocenters. The molecule has 1 amide bonds. The van der Waals surface area contributed by atoms with Gasteiger partial charge in [-0.2, -0.15) is 10.1 Å². The zero-order valence-corrected chi connectivity index (χ0v) is 23.3. The molecule has 0 saturated carbocycles. The molecule has 1 aliphatic rings. The van der Waals surface area contributed by atoms with Gasteiger partial charge in [-0.15, -0.1) is 0 Å². The van der Waals surface area contributed by atoms with E-state index in [1.807, 2.05) is 30.3 Å². The zero-order valence-electron chi connectivity index (χ0n) is 22.6. The summed E-state index contributed by atoms with van der Waals surface area (Å²) in [6.07, 6.45) is 3.06. The van der Waals surface area contributed by atoms with Crippen molar-refractivity contribution >= 4 is 46.9 Å². The summed E-state index contributed by atoms with van der Waals surface area (Å²) in [4.78, 5) is 38.3. The third-order valence-electron chi connectivity index (χ3n) is 6.32. The number of halogens is 1. The fraction of sp³-hybridized carbons (Fsp3) is 0.0909. The smallest absolute Gasteiger partial charge is 0.339 e. The third-order valence-corrected chi connectivity index (χ3v) is 6.65. The number of amides is 1. The number of anilines is 1. The lowest BCUT2D eigenvalue weighted by Crippen LogP contribution is -2.21. The van der Waals surface area contributed by atoms with E-state index in [-0.39, 0.29) is 29.7 Å². The second-order valence-electron chi connectivity index (χ2n) is 9.26. The van der Waals surface area contributed by atoms with Crippen LogP contribution in [0.1, 0.15) is 39.0 Å². The molecule has 42 heavy (non-hydrogen) atoms. The predicted octanol–water partition coefficient (Wildman–Crippen LogP) is 7.11.